The van der Waals surface area contributed by atoms with Crippen LogP contribution < -0.4 is 0 Å². The van der Waals surface area contributed by atoms with Gasteiger partial charge in [0.05, 0.1) is 27.7 Å². The largest absolute Gasteiger partial charge is 0.275 e. The highest BCUT2D eigenvalue weighted by Gasteiger charge is 2.26. The van der Waals surface area contributed by atoms with E-state index < -0.39 is 10.8 Å². The molecule has 1 unspecified atom stereocenters. The number of nitriles is 3. The average molecular weight is 302 g/mol. The predicted octanol–water partition coefficient (Wildman–Crippen LogP) is 3.30. The molecule has 23 heavy (non-hydrogen) atoms. The zero-order chi connectivity index (χ0) is 17.0. The summed E-state index contributed by atoms with van der Waals surface area (Å²) in [5.74, 6) is -0.893. The fourth-order valence-corrected chi connectivity index (χ4v) is 2.26. The maximum Gasteiger partial charge on any atom is 0.275 e. The Bertz CT molecular complexity index is 896. The zero-order valence-electron chi connectivity index (χ0n) is 12.1. The summed E-state index contributed by atoms with van der Waals surface area (Å²) in [4.78, 5) is 10.7. The molecule has 0 saturated carbocycles. The fraction of sp³-hybridized carbons (Fsp3) is 0.118. The van der Waals surface area contributed by atoms with Crippen molar-refractivity contribution in [3.05, 3.63) is 74.3 Å². The SMILES string of the molecule is Cc1ccc(C(C#N)c2cc(C#N)c(C#N)cc2[N+](=O)[O-])cc1. The lowest BCUT2D eigenvalue weighted by molar-refractivity contribution is -0.385. The summed E-state index contributed by atoms with van der Waals surface area (Å²) in [6.45, 7) is 1.89. The van der Waals surface area contributed by atoms with Crippen LogP contribution in [0.4, 0.5) is 5.69 Å². The van der Waals surface area contributed by atoms with Gasteiger partial charge in [0.2, 0.25) is 0 Å². The van der Waals surface area contributed by atoms with Crippen LogP contribution >= 0.6 is 0 Å². The van der Waals surface area contributed by atoms with Crippen LogP contribution in [0.1, 0.15) is 33.7 Å². The number of benzene rings is 2. The van der Waals surface area contributed by atoms with Crippen molar-refractivity contribution >= 4 is 5.69 Å². The Labute approximate surface area is 132 Å². The van der Waals surface area contributed by atoms with Gasteiger partial charge in [-0.15, -0.1) is 0 Å². The van der Waals surface area contributed by atoms with Crippen LogP contribution in [0.25, 0.3) is 0 Å². The molecule has 2 aromatic rings. The summed E-state index contributed by atoms with van der Waals surface area (Å²) in [5, 5.41) is 38.9. The van der Waals surface area contributed by atoms with Gasteiger partial charge in [0.15, 0.2) is 0 Å². The first-order valence-electron chi connectivity index (χ1n) is 6.60. The monoisotopic (exact) mass is 302 g/mol. The molecule has 2 rings (SSSR count). The number of rotatable bonds is 3. The minimum Gasteiger partial charge on any atom is -0.258 e. The van der Waals surface area contributed by atoms with Gasteiger partial charge in [-0.2, -0.15) is 15.8 Å². The van der Waals surface area contributed by atoms with E-state index >= 15 is 0 Å². The van der Waals surface area contributed by atoms with E-state index in [1.165, 1.54) is 6.07 Å². The van der Waals surface area contributed by atoms with Crippen molar-refractivity contribution in [2.45, 2.75) is 12.8 Å². The van der Waals surface area contributed by atoms with Crippen molar-refractivity contribution in [1.82, 2.24) is 0 Å². The average Bonchev–Trinajstić information content (AvgIpc) is 2.56. The molecule has 0 saturated heterocycles. The molecule has 2 aromatic carbocycles. The Morgan fingerprint density at radius 2 is 1.61 bits per heavy atom. The molecule has 0 aromatic heterocycles. The number of aryl methyl sites for hydroxylation is 1. The lowest BCUT2D eigenvalue weighted by Gasteiger charge is -2.12. The number of nitro benzene ring substituents is 1. The molecule has 6 nitrogen and oxygen atoms in total. The van der Waals surface area contributed by atoms with Crippen LogP contribution in [0.2, 0.25) is 0 Å². The molecule has 0 amide bonds. The van der Waals surface area contributed by atoms with E-state index in [0.29, 0.717) is 5.56 Å². The van der Waals surface area contributed by atoms with Crippen LogP contribution in [-0.4, -0.2) is 4.92 Å². The summed E-state index contributed by atoms with van der Waals surface area (Å²) in [6, 6.07) is 15.0. The van der Waals surface area contributed by atoms with Gasteiger partial charge in [-0.05, 0) is 18.6 Å². The Morgan fingerprint density at radius 3 is 2.09 bits per heavy atom. The highest BCUT2D eigenvalue weighted by Crippen LogP contribution is 2.33. The minimum absolute atomic E-state index is 0.0143. The van der Waals surface area contributed by atoms with Gasteiger partial charge in [-0.25, -0.2) is 0 Å². The number of nitro groups is 1. The maximum atomic E-state index is 11.3. The molecular formula is C17H10N4O2. The zero-order valence-corrected chi connectivity index (χ0v) is 12.1. The van der Waals surface area contributed by atoms with Gasteiger partial charge < -0.3 is 0 Å². The molecule has 0 spiro atoms. The third kappa shape index (κ3) is 3.00. The summed E-state index contributed by atoms with van der Waals surface area (Å²) < 4.78 is 0. The van der Waals surface area contributed by atoms with Crippen LogP contribution in [0.15, 0.2) is 36.4 Å². The Morgan fingerprint density at radius 1 is 1.04 bits per heavy atom. The third-order valence-electron chi connectivity index (χ3n) is 3.46. The first kappa shape index (κ1) is 15.7. The van der Waals surface area contributed by atoms with E-state index in [9.17, 15) is 15.4 Å². The molecule has 1 atom stereocenters. The number of hydrogen-bond donors (Lipinski definition) is 0. The lowest BCUT2D eigenvalue weighted by atomic mass is 9.88. The quantitative estimate of drug-likeness (QED) is 0.637. The van der Waals surface area contributed by atoms with Crippen molar-refractivity contribution in [2.24, 2.45) is 0 Å². The molecular weight excluding hydrogens is 292 g/mol. The normalized spacial score (nSPS) is 10.9. The van der Waals surface area contributed by atoms with Crippen molar-refractivity contribution < 1.29 is 4.92 Å². The molecule has 0 bridgehead atoms. The van der Waals surface area contributed by atoms with Crippen molar-refractivity contribution in [3.63, 3.8) is 0 Å². The first-order chi connectivity index (χ1) is 11.0. The van der Waals surface area contributed by atoms with Crippen LogP contribution in [-0.2, 0) is 0 Å². The van der Waals surface area contributed by atoms with Gasteiger partial charge in [-0.3, -0.25) is 10.1 Å². The van der Waals surface area contributed by atoms with Gasteiger partial charge >= 0.3 is 0 Å². The Kier molecular flexibility index (Phi) is 4.36. The van der Waals surface area contributed by atoms with Gasteiger partial charge in [0.1, 0.15) is 18.1 Å². The second-order valence-electron chi connectivity index (χ2n) is 4.91. The molecule has 0 N–H and O–H groups in total. The lowest BCUT2D eigenvalue weighted by Crippen LogP contribution is -2.05. The number of hydrogen-bond acceptors (Lipinski definition) is 5. The van der Waals surface area contributed by atoms with E-state index in [4.69, 9.17) is 10.5 Å². The van der Waals surface area contributed by atoms with Crippen molar-refractivity contribution in [3.8, 4) is 18.2 Å². The second kappa shape index (κ2) is 6.39. The predicted molar refractivity (Wildman–Crippen MR) is 81.2 cm³/mol. The van der Waals surface area contributed by atoms with Gasteiger partial charge in [0, 0.05) is 6.07 Å². The molecule has 0 aliphatic rings. The third-order valence-corrected chi connectivity index (χ3v) is 3.46. The number of nitrogens with zero attached hydrogens (tertiary/aromatic N) is 4. The topological polar surface area (TPSA) is 115 Å². The maximum absolute atomic E-state index is 11.3. The first-order valence-corrected chi connectivity index (χ1v) is 6.60. The minimum atomic E-state index is -0.893. The summed E-state index contributed by atoms with van der Waals surface area (Å²) >= 11 is 0. The van der Waals surface area contributed by atoms with E-state index in [0.717, 1.165) is 11.6 Å². The fourth-order valence-electron chi connectivity index (χ4n) is 2.26. The second-order valence-corrected chi connectivity index (χ2v) is 4.91. The smallest absolute Gasteiger partial charge is 0.258 e. The standard InChI is InChI=1S/C17H10N4O2/c1-11-2-4-12(5-3-11)16(10-20)15-6-13(8-18)14(9-19)7-17(15)21(22)23/h2-7,16H,1H3. The molecule has 0 radical (unpaired) electrons. The highest BCUT2D eigenvalue weighted by molar-refractivity contribution is 5.59. The van der Waals surface area contributed by atoms with Gasteiger partial charge in [-0.1, -0.05) is 29.8 Å². The molecule has 6 heteroatoms. The van der Waals surface area contributed by atoms with Crippen molar-refractivity contribution in [1.29, 1.82) is 15.8 Å². The molecule has 0 aliphatic carbocycles. The Balaban J connectivity index is 2.71. The summed E-state index contributed by atoms with van der Waals surface area (Å²) in [6.07, 6.45) is 0. The van der Waals surface area contributed by atoms with Crippen molar-refractivity contribution in [2.75, 3.05) is 0 Å². The van der Waals surface area contributed by atoms with Crippen LogP contribution in [0.3, 0.4) is 0 Å². The summed E-state index contributed by atoms with van der Waals surface area (Å²) in [5.41, 5.74) is 1.29. The summed E-state index contributed by atoms with van der Waals surface area (Å²) in [7, 11) is 0. The van der Waals surface area contributed by atoms with E-state index in [1.54, 1.807) is 30.3 Å². The van der Waals surface area contributed by atoms with Crippen LogP contribution in [0, 0.1) is 51.0 Å². The highest BCUT2D eigenvalue weighted by atomic mass is 16.6. The Hall–Kier alpha value is -3.69. The van der Waals surface area contributed by atoms with E-state index in [2.05, 4.69) is 0 Å². The molecule has 0 aliphatic heterocycles. The molecule has 110 valence electrons. The van der Waals surface area contributed by atoms with Crippen LogP contribution in [0.5, 0.6) is 0 Å². The van der Waals surface area contributed by atoms with Gasteiger partial charge in [0.25, 0.3) is 5.69 Å². The van der Waals surface area contributed by atoms with E-state index in [1.807, 2.05) is 19.1 Å². The molecule has 0 fully saturated rings. The van der Waals surface area contributed by atoms with E-state index in [-0.39, 0.29) is 22.4 Å². The molecule has 0 heterocycles.